The molecule has 0 N–H and O–H groups in total. The molecule has 0 spiro atoms. The van der Waals surface area contributed by atoms with Gasteiger partial charge in [-0.2, -0.15) is 0 Å². The zero-order valence-corrected chi connectivity index (χ0v) is 11.2. The predicted octanol–water partition coefficient (Wildman–Crippen LogP) is 3.73. The van der Waals surface area contributed by atoms with Crippen LogP contribution in [0, 0.1) is 0 Å². The van der Waals surface area contributed by atoms with Crippen molar-refractivity contribution in [3.63, 3.8) is 0 Å². The molecule has 0 radical (unpaired) electrons. The van der Waals surface area contributed by atoms with Gasteiger partial charge in [-0.3, -0.25) is 4.79 Å². The third kappa shape index (κ3) is 2.40. The molecule has 0 unspecified atom stereocenters. The molecule has 0 saturated carbocycles. The maximum absolute atomic E-state index is 11.3. The minimum atomic E-state index is -0.0295. The summed E-state index contributed by atoms with van der Waals surface area (Å²) in [4.78, 5) is 16.3. The molecule has 0 aromatic carbocycles. The highest BCUT2D eigenvalue weighted by Crippen LogP contribution is 2.30. The fraction of sp³-hybridized carbons (Fsp3) is 0.111. The smallest absolute Gasteiger partial charge is 0.201 e. The van der Waals surface area contributed by atoms with Crippen molar-refractivity contribution >= 4 is 59.5 Å². The molecular weight excluding hydrogens is 330 g/mol. The topological polar surface area (TPSA) is 30.0 Å². The standard InChI is InChI=1S/C9H7Br2NOS/c1-3-6-8(5(2)11)14-9(12-6)7(13)4-10/h3H,1-2,4H2. The van der Waals surface area contributed by atoms with Gasteiger partial charge in [-0.1, -0.05) is 29.1 Å². The number of hydrogen-bond donors (Lipinski definition) is 0. The van der Waals surface area contributed by atoms with Gasteiger partial charge < -0.3 is 0 Å². The van der Waals surface area contributed by atoms with Crippen LogP contribution in [0.3, 0.4) is 0 Å². The van der Waals surface area contributed by atoms with E-state index in [0.29, 0.717) is 10.7 Å². The van der Waals surface area contributed by atoms with Crippen molar-refractivity contribution in [3.05, 3.63) is 28.7 Å². The van der Waals surface area contributed by atoms with Gasteiger partial charge in [0.25, 0.3) is 0 Å². The summed E-state index contributed by atoms with van der Waals surface area (Å²) in [6.45, 7) is 7.38. The van der Waals surface area contributed by atoms with Crippen molar-refractivity contribution in [2.45, 2.75) is 0 Å². The van der Waals surface area contributed by atoms with Gasteiger partial charge in [0.15, 0.2) is 5.01 Å². The molecule has 5 heteroatoms. The predicted molar refractivity (Wildman–Crippen MR) is 68.3 cm³/mol. The van der Waals surface area contributed by atoms with Gasteiger partial charge in [-0.25, -0.2) is 4.98 Å². The Hall–Kier alpha value is -0.260. The Bertz CT molecular complexity index is 398. The molecule has 74 valence electrons. The molecule has 0 bridgehead atoms. The molecular formula is C9H7Br2NOS. The Morgan fingerprint density at radius 1 is 1.64 bits per heavy atom. The maximum atomic E-state index is 11.3. The largest absolute Gasteiger partial charge is 0.291 e. The Morgan fingerprint density at radius 3 is 2.64 bits per heavy atom. The summed E-state index contributed by atoms with van der Waals surface area (Å²) in [5, 5.41) is 0.762. The van der Waals surface area contributed by atoms with E-state index in [1.165, 1.54) is 11.3 Å². The van der Waals surface area contributed by atoms with Crippen LogP contribution < -0.4 is 0 Å². The number of alkyl halides is 1. The Morgan fingerprint density at radius 2 is 2.29 bits per heavy atom. The van der Waals surface area contributed by atoms with Crippen LogP contribution in [0.4, 0.5) is 0 Å². The van der Waals surface area contributed by atoms with E-state index in [0.717, 1.165) is 9.36 Å². The highest BCUT2D eigenvalue weighted by Gasteiger charge is 2.14. The zero-order chi connectivity index (χ0) is 10.7. The third-order valence-corrected chi connectivity index (χ3v) is 3.79. The molecule has 1 aromatic rings. The lowest BCUT2D eigenvalue weighted by Gasteiger charge is -1.90. The van der Waals surface area contributed by atoms with Crippen molar-refractivity contribution < 1.29 is 4.79 Å². The molecule has 0 aliphatic rings. The minimum absolute atomic E-state index is 0.0295. The van der Waals surface area contributed by atoms with E-state index in [4.69, 9.17) is 0 Å². The lowest BCUT2D eigenvalue weighted by Crippen LogP contribution is -1.98. The van der Waals surface area contributed by atoms with Gasteiger partial charge in [0.2, 0.25) is 5.78 Å². The van der Waals surface area contributed by atoms with E-state index in [1.807, 2.05) is 0 Å². The first-order chi connectivity index (χ1) is 6.60. The van der Waals surface area contributed by atoms with Crippen LogP contribution in [0.5, 0.6) is 0 Å². The van der Waals surface area contributed by atoms with E-state index >= 15 is 0 Å². The third-order valence-electron chi connectivity index (χ3n) is 1.45. The molecule has 0 atom stereocenters. The average Bonchev–Trinajstić information content (AvgIpc) is 2.60. The summed E-state index contributed by atoms with van der Waals surface area (Å²) in [6.07, 6.45) is 1.61. The summed E-state index contributed by atoms with van der Waals surface area (Å²) in [5.74, 6) is -0.0295. The van der Waals surface area contributed by atoms with E-state index in [2.05, 4.69) is 50.0 Å². The van der Waals surface area contributed by atoms with E-state index < -0.39 is 0 Å². The van der Waals surface area contributed by atoms with Gasteiger partial charge in [0, 0.05) is 4.48 Å². The number of hydrogen-bond acceptors (Lipinski definition) is 3. The summed E-state index contributed by atoms with van der Waals surface area (Å²) < 4.78 is 0.721. The Kier molecular flexibility index (Phi) is 4.22. The van der Waals surface area contributed by atoms with Crippen molar-refractivity contribution in [1.29, 1.82) is 0 Å². The fourth-order valence-electron chi connectivity index (χ4n) is 0.841. The first kappa shape index (κ1) is 11.8. The van der Waals surface area contributed by atoms with E-state index in [-0.39, 0.29) is 11.1 Å². The van der Waals surface area contributed by atoms with Crippen molar-refractivity contribution in [2.75, 3.05) is 5.33 Å². The van der Waals surface area contributed by atoms with Crippen LogP contribution in [-0.4, -0.2) is 16.1 Å². The molecule has 0 fully saturated rings. The number of Topliss-reactive ketones (excluding diaryl/α,β-unsaturated/α-hetero) is 1. The average molecular weight is 337 g/mol. The van der Waals surface area contributed by atoms with Crippen LogP contribution in [-0.2, 0) is 0 Å². The van der Waals surface area contributed by atoms with Crippen molar-refractivity contribution in [2.24, 2.45) is 0 Å². The quantitative estimate of drug-likeness (QED) is 0.619. The van der Waals surface area contributed by atoms with Gasteiger partial charge in [0.1, 0.15) is 0 Å². The fourth-order valence-corrected chi connectivity index (χ4v) is 2.61. The van der Waals surface area contributed by atoms with Crippen molar-refractivity contribution in [1.82, 2.24) is 4.98 Å². The maximum Gasteiger partial charge on any atom is 0.201 e. The van der Waals surface area contributed by atoms with Crippen LogP contribution in [0.15, 0.2) is 13.2 Å². The van der Waals surface area contributed by atoms with Gasteiger partial charge in [-0.15, -0.1) is 11.3 Å². The molecule has 2 nitrogen and oxygen atoms in total. The number of halogens is 2. The number of carbonyl (C=O) groups is 1. The lowest BCUT2D eigenvalue weighted by molar-refractivity contribution is 0.102. The van der Waals surface area contributed by atoms with Crippen LogP contribution in [0.1, 0.15) is 20.4 Å². The van der Waals surface area contributed by atoms with E-state index in [1.54, 1.807) is 6.08 Å². The second-order valence-electron chi connectivity index (χ2n) is 2.40. The summed E-state index contributed by atoms with van der Waals surface area (Å²) in [7, 11) is 0. The molecule has 1 rings (SSSR count). The first-order valence-electron chi connectivity index (χ1n) is 3.67. The molecule has 0 aliphatic carbocycles. The monoisotopic (exact) mass is 335 g/mol. The normalized spacial score (nSPS) is 9.86. The second-order valence-corrected chi connectivity index (χ2v) is 4.92. The number of nitrogens with zero attached hydrogens (tertiary/aromatic N) is 1. The molecule has 0 amide bonds. The molecule has 14 heavy (non-hydrogen) atoms. The van der Waals surface area contributed by atoms with Crippen molar-refractivity contribution in [3.8, 4) is 0 Å². The number of aromatic nitrogens is 1. The second kappa shape index (κ2) is 5.00. The highest BCUT2D eigenvalue weighted by atomic mass is 79.9. The summed E-state index contributed by atoms with van der Waals surface area (Å²) >= 11 is 7.68. The molecule has 1 aromatic heterocycles. The SMILES string of the molecule is C=Cc1nc(C(=O)CBr)sc1C(=C)Br. The molecule has 1 heterocycles. The van der Waals surface area contributed by atoms with Crippen LogP contribution in [0.2, 0.25) is 0 Å². The molecule has 0 aliphatic heterocycles. The highest BCUT2D eigenvalue weighted by molar-refractivity contribution is 9.15. The van der Waals surface area contributed by atoms with Crippen LogP contribution in [0.25, 0.3) is 10.6 Å². The van der Waals surface area contributed by atoms with Crippen LogP contribution >= 0.6 is 43.2 Å². The lowest BCUT2D eigenvalue weighted by atomic mass is 10.3. The molecule has 0 saturated heterocycles. The Labute approximate surface area is 103 Å². The first-order valence-corrected chi connectivity index (χ1v) is 6.40. The Balaban J connectivity index is 3.19. The zero-order valence-electron chi connectivity index (χ0n) is 7.22. The summed E-state index contributed by atoms with van der Waals surface area (Å²) in [6, 6.07) is 0. The van der Waals surface area contributed by atoms with Gasteiger partial charge >= 0.3 is 0 Å². The number of ketones is 1. The number of thiazole rings is 1. The van der Waals surface area contributed by atoms with Gasteiger partial charge in [-0.05, 0) is 22.0 Å². The number of rotatable bonds is 4. The van der Waals surface area contributed by atoms with Gasteiger partial charge in [0.05, 0.1) is 15.9 Å². The summed E-state index contributed by atoms with van der Waals surface area (Å²) in [5.41, 5.74) is 0.696. The number of carbonyl (C=O) groups excluding carboxylic acids is 1. The van der Waals surface area contributed by atoms with E-state index in [9.17, 15) is 4.79 Å². The minimum Gasteiger partial charge on any atom is -0.291 e.